The third-order valence-electron chi connectivity index (χ3n) is 1.98. The number of thiophene rings is 1. The van der Waals surface area contributed by atoms with Gasteiger partial charge in [0.15, 0.2) is 0 Å². The van der Waals surface area contributed by atoms with Gasteiger partial charge in [-0.25, -0.2) is 4.39 Å². The molecule has 0 saturated heterocycles. The van der Waals surface area contributed by atoms with E-state index in [2.05, 4.69) is 22.9 Å². The van der Waals surface area contributed by atoms with Gasteiger partial charge >= 0.3 is 0 Å². The molecule has 0 aliphatic carbocycles. The molecule has 0 aliphatic heterocycles. The molecule has 0 saturated carbocycles. The minimum Gasteiger partial charge on any atom is -0.206 e. The summed E-state index contributed by atoms with van der Waals surface area (Å²) in [7, 11) is 0. The topological polar surface area (TPSA) is 0 Å². The fraction of sp³-hybridized carbons (Fsp3) is 0.600. The lowest BCUT2D eigenvalue weighted by Gasteiger charge is -1.97. The SMILES string of the molecule is CCCCCCc1sc(Br)cc1F. The molecule has 3 heteroatoms. The van der Waals surface area contributed by atoms with Crippen LogP contribution in [0.4, 0.5) is 4.39 Å². The minimum atomic E-state index is -0.0478. The highest BCUT2D eigenvalue weighted by Crippen LogP contribution is 2.27. The van der Waals surface area contributed by atoms with Gasteiger partial charge in [-0.1, -0.05) is 26.2 Å². The summed E-state index contributed by atoms with van der Waals surface area (Å²) in [6, 6.07) is 1.56. The second-order valence-electron chi connectivity index (χ2n) is 3.13. The normalized spacial score (nSPS) is 10.7. The smallest absolute Gasteiger partial charge is 0.138 e. The summed E-state index contributed by atoms with van der Waals surface area (Å²) in [4.78, 5) is 0.892. The molecule has 0 nitrogen and oxygen atoms in total. The van der Waals surface area contributed by atoms with E-state index >= 15 is 0 Å². The molecule has 1 heterocycles. The molecule has 0 amide bonds. The van der Waals surface area contributed by atoms with E-state index in [-0.39, 0.29) is 5.82 Å². The average molecular weight is 265 g/mol. The van der Waals surface area contributed by atoms with Crippen molar-refractivity contribution in [3.8, 4) is 0 Å². The molecule has 74 valence electrons. The summed E-state index contributed by atoms with van der Waals surface area (Å²) < 4.78 is 14.0. The molecule has 0 aliphatic rings. The van der Waals surface area contributed by atoms with E-state index in [1.54, 1.807) is 6.07 Å². The van der Waals surface area contributed by atoms with Crippen molar-refractivity contribution >= 4 is 27.3 Å². The first-order valence-electron chi connectivity index (χ1n) is 4.67. The van der Waals surface area contributed by atoms with Gasteiger partial charge < -0.3 is 0 Å². The van der Waals surface area contributed by atoms with Crippen LogP contribution in [-0.2, 0) is 6.42 Å². The molecule has 0 N–H and O–H groups in total. The van der Waals surface area contributed by atoms with Crippen LogP contribution in [0.3, 0.4) is 0 Å². The van der Waals surface area contributed by atoms with E-state index < -0.39 is 0 Å². The Morgan fingerprint density at radius 1 is 1.38 bits per heavy atom. The quantitative estimate of drug-likeness (QED) is 0.672. The van der Waals surface area contributed by atoms with E-state index in [4.69, 9.17) is 0 Å². The highest BCUT2D eigenvalue weighted by atomic mass is 79.9. The highest BCUT2D eigenvalue weighted by Gasteiger charge is 2.06. The largest absolute Gasteiger partial charge is 0.206 e. The lowest BCUT2D eigenvalue weighted by molar-refractivity contribution is 0.603. The molecule has 1 aromatic rings. The Morgan fingerprint density at radius 2 is 2.15 bits per heavy atom. The van der Waals surface area contributed by atoms with Crippen LogP contribution in [0.15, 0.2) is 9.85 Å². The molecule has 0 spiro atoms. The summed E-state index contributed by atoms with van der Waals surface area (Å²) in [5, 5.41) is 0. The van der Waals surface area contributed by atoms with Gasteiger partial charge in [-0.15, -0.1) is 11.3 Å². The molecule has 1 aromatic heterocycles. The number of rotatable bonds is 5. The Balaban J connectivity index is 2.32. The number of hydrogen-bond acceptors (Lipinski definition) is 1. The predicted octanol–water partition coefficient (Wildman–Crippen LogP) is 4.77. The van der Waals surface area contributed by atoms with Crippen LogP contribution in [0.1, 0.15) is 37.5 Å². The van der Waals surface area contributed by atoms with Gasteiger partial charge in [0.05, 0.1) is 3.79 Å². The molecular weight excluding hydrogens is 251 g/mol. The van der Waals surface area contributed by atoms with Gasteiger partial charge in [0.25, 0.3) is 0 Å². The fourth-order valence-electron chi connectivity index (χ4n) is 1.26. The van der Waals surface area contributed by atoms with Crippen molar-refractivity contribution in [2.45, 2.75) is 39.0 Å². The van der Waals surface area contributed by atoms with E-state index in [0.717, 1.165) is 21.5 Å². The molecule has 0 unspecified atom stereocenters. The number of hydrogen-bond donors (Lipinski definition) is 0. The van der Waals surface area contributed by atoms with Gasteiger partial charge in [-0.2, -0.15) is 0 Å². The third kappa shape index (κ3) is 3.77. The van der Waals surface area contributed by atoms with E-state index in [1.807, 2.05) is 0 Å². The van der Waals surface area contributed by atoms with Gasteiger partial charge in [-0.3, -0.25) is 0 Å². The Hall–Kier alpha value is 0.110. The summed E-state index contributed by atoms with van der Waals surface area (Å²) >= 11 is 4.80. The van der Waals surface area contributed by atoms with Gasteiger partial charge in [0, 0.05) is 4.88 Å². The minimum absolute atomic E-state index is 0.0478. The number of halogens is 2. The first-order chi connectivity index (χ1) is 6.24. The zero-order valence-electron chi connectivity index (χ0n) is 7.78. The second-order valence-corrected chi connectivity index (χ2v) is 5.65. The van der Waals surface area contributed by atoms with Gasteiger partial charge in [-0.05, 0) is 34.8 Å². The highest BCUT2D eigenvalue weighted by molar-refractivity contribution is 9.11. The molecule has 1 rings (SSSR count). The third-order valence-corrected chi connectivity index (χ3v) is 3.66. The molecular formula is C10H14BrFS. The van der Waals surface area contributed by atoms with Crippen molar-refractivity contribution in [1.29, 1.82) is 0 Å². The van der Waals surface area contributed by atoms with Crippen LogP contribution in [-0.4, -0.2) is 0 Å². The van der Waals surface area contributed by atoms with Crippen molar-refractivity contribution in [2.75, 3.05) is 0 Å². The van der Waals surface area contributed by atoms with Gasteiger partial charge in [0.2, 0.25) is 0 Å². The molecule has 13 heavy (non-hydrogen) atoms. The predicted molar refractivity (Wildman–Crippen MR) is 59.8 cm³/mol. The maximum Gasteiger partial charge on any atom is 0.138 e. The maximum atomic E-state index is 13.1. The zero-order valence-corrected chi connectivity index (χ0v) is 10.2. The van der Waals surface area contributed by atoms with Crippen molar-refractivity contribution in [3.63, 3.8) is 0 Å². The van der Waals surface area contributed by atoms with Crippen LogP contribution in [0.5, 0.6) is 0 Å². The van der Waals surface area contributed by atoms with Crippen molar-refractivity contribution in [1.82, 2.24) is 0 Å². The van der Waals surface area contributed by atoms with Gasteiger partial charge in [0.1, 0.15) is 5.82 Å². The van der Waals surface area contributed by atoms with E-state index in [0.29, 0.717) is 0 Å². The molecule has 0 bridgehead atoms. The number of unbranched alkanes of at least 4 members (excludes halogenated alkanes) is 3. The van der Waals surface area contributed by atoms with Crippen LogP contribution < -0.4 is 0 Å². The summed E-state index contributed by atoms with van der Waals surface area (Å²) in [5.41, 5.74) is 0. The second kappa shape index (κ2) is 5.76. The molecule has 0 radical (unpaired) electrons. The Morgan fingerprint density at radius 3 is 2.69 bits per heavy atom. The number of aryl methyl sites for hydroxylation is 1. The summed E-state index contributed by atoms with van der Waals surface area (Å²) in [5.74, 6) is -0.0478. The molecule has 0 fully saturated rings. The van der Waals surface area contributed by atoms with E-state index in [1.165, 1.54) is 30.6 Å². The van der Waals surface area contributed by atoms with Crippen molar-refractivity contribution in [3.05, 3.63) is 20.5 Å². The Labute approximate surface area is 91.3 Å². The Kier molecular flexibility index (Phi) is 4.96. The summed E-state index contributed by atoms with van der Waals surface area (Å²) in [6.45, 7) is 2.18. The molecule has 0 aromatic carbocycles. The van der Waals surface area contributed by atoms with Crippen LogP contribution in [0.25, 0.3) is 0 Å². The zero-order chi connectivity index (χ0) is 9.68. The average Bonchev–Trinajstić information content (AvgIpc) is 2.39. The van der Waals surface area contributed by atoms with Crippen molar-refractivity contribution in [2.24, 2.45) is 0 Å². The van der Waals surface area contributed by atoms with Crippen LogP contribution in [0.2, 0.25) is 0 Å². The van der Waals surface area contributed by atoms with Crippen LogP contribution >= 0.6 is 27.3 Å². The van der Waals surface area contributed by atoms with Crippen molar-refractivity contribution < 1.29 is 4.39 Å². The lowest BCUT2D eigenvalue weighted by Crippen LogP contribution is -1.84. The van der Waals surface area contributed by atoms with E-state index in [9.17, 15) is 4.39 Å². The maximum absolute atomic E-state index is 13.1. The van der Waals surface area contributed by atoms with Crippen LogP contribution in [0, 0.1) is 5.82 Å². The monoisotopic (exact) mass is 264 g/mol. The lowest BCUT2D eigenvalue weighted by atomic mass is 10.1. The summed E-state index contributed by atoms with van der Waals surface area (Å²) in [6.07, 6.45) is 5.70. The standard InChI is InChI=1S/C10H14BrFS/c1-2-3-4-5-6-9-8(12)7-10(11)13-9/h7H,2-6H2,1H3. The first-order valence-corrected chi connectivity index (χ1v) is 6.28. The Bertz CT molecular complexity index is 257. The fourth-order valence-corrected chi connectivity index (χ4v) is 2.85. The first kappa shape index (κ1) is 11.2. The molecule has 0 atom stereocenters.